The molecule has 2 aromatic heterocycles. The van der Waals surface area contributed by atoms with Crippen LogP contribution in [0.2, 0.25) is 0 Å². The van der Waals surface area contributed by atoms with Crippen molar-refractivity contribution in [1.82, 2.24) is 25.0 Å². The van der Waals surface area contributed by atoms with Gasteiger partial charge < -0.3 is 20.1 Å². The summed E-state index contributed by atoms with van der Waals surface area (Å²) in [6.07, 6.45) is 3.61. The fourth-order valence-electron chi connectivity index (χ4n) is 4.06. The Hall–Kier alpha value is -3.75. The van der Waals surface area contributed by atoms with Gasteiger partial charge in [0.1, 0.15) is 12.4 Å². The number of hydrogen-bond acceptors (Lipinski definition) is 6. The van der Waals surface area contributed by atoms with Gasteiger partial charge in [0.25, 0.3) is 5.91 Å². The Kier molecular flexibility index (Phi) is 7.97. The normalized spacial score (nSPS) is 12.2. The van der Waals surface area contributed by atoms with Gasteiger partial charge in [-0.05, 0) is 63.3 Å². The third kappa shape index (κ3) is 5.90. The summed E-state index contributed by atoms with van der Waals surface area (Å²) >= 11 is 0. The van der Waals surface area contributed by atoms with Gasteiger partial charge >= 0.3 is 0 Å². The van der Waals surface area contributed by atoms with E-state index >= 15 is 0 Å². The summed E-state index contributed by atoms with van der Waals surface area (Å²) in [6.45, 7) is 5.68. The van der Waals surface area contributed by atoms with Gasteiger partial charge in [0.05, 0.1) is 36.6 Å². The summed E-state index contributed by atoms with van der Waals surface area (Å²) in [5, 5.41) is 17.7. The van der Waals surface area contributed by atoms with E-state index in [9.17, 15) is 9.90 Å². The van der Waals surface area contributed by atoms with E-state index in [1.54, 1.807) is 16.9 Å². The Morgan fingerprint density at radius 3 is 2.78 bits per heavy atom. The van der Waals surface area contributed by atoms with Crippen molar-refractivity contribution in [3.8, 4) is 17.0 Å². The second kappa shape index (κ2) is 11.3. The molecule has 1 amide bonds. The van der Waals surface area contributed by atoms with E-state index in [0.29, 0.717) is 24.5 Å². The standard InChI is InChI=1S/C28H33N5O3/c1-19-9-10-22(36-14-12-32(3)4)15-24(19)28(35)30-20(2)25-16-27(21-17-29-33(18-21)11-13-34)31-26-8-6-5-7-23(25)26/h5-10,15-18,20,34H,11-14H2,1-4H3,(H,30,35)/t20-/m1/s1. The van der Waals surface area contributed by atoms with Crippen molar-refractivity contribution in [3.05, 3.63) is 77.6 Å². The number of aliphatic hydroxyl groups is 1. The van der Waals surface area contributed by atoms with Crippen molar-refractivity contribution in [1.29, 1.82) is 0 Å². The number of aromatic nitrogens is 3. The molecule has 0 spiro atoms. The van der Waals surface area contributed by atoms with Crippen molar-refractivity contribution in [2.24, 2.45) is 0 Å². The molecule has 4 rings (SSSR count). The molecule has 0 saturated heterocycles. The number of benzene rings is 2. The lowest BCUT2D eigenvalue weighted by molar-refractivity contribution is 0.0939. The summed E-state index contributed by atoms with van der Waals surface area (Å²) in [4.78, 5) is 20.2. The highest BCUT2D eigenvalue weighted by atomic mass is 16.5. The molecule has 188 valence electrons. The van der Waals surface area contributed by atoms with Crippen LogP contribution in [0.25, 0.3) is 22.2 Å². The van der Waals surface area contributed by atoms with Crippen molar-refractivity contribution >= 4 is 16.8 Å². The number of rotatable bonds is 10. The number of aliphatic hydroxyl groups excluding tert-OH is 1. The molecule has 0 aliphatic rings. The van der Waals surface area contributed by atoms with Gasteiger partial charge in [-0.2, -0.15) is 5.10 Å². The molecule has 0 unspecified atom stereocenters. The van der Waals surface area contributed by atoms with Gasteiger partial charge in [0, 0.05) is 29.3 Å². The van der Waals surface area contributed by atoms with Crippen molar-refractivity contribution < 1.29 is 14.6 Å². The van der Waals surface area contributed by atoms with Crippen molar-refractivity contribution in [3.63, 3.8) is 0 Å². The van der Waals surface area contributed by atoms with Crippen LogP contribution in [0, 0.1) is 6.92 Å². The average Bonchev–Trinajstić information content (AvgIpc) is 3.33. The molecular weight excluding hydrogens is 454 g/mol. The fraction of sp³-hybridized carbons (Fsp3) is 0.321. The molecule has 8 nitrogen and oxygen atoms in total. The summed E-state index contributed by atoms with van der Waals surface area (Å²) in [5.74, 6) is 0.521. The lowest BCUT2D eigenvalue weighted by Crippen LogP contribution is -2.27. The molecule has 36 heavy (non-hydrogen) atoms. The molecule has 2 heterocycles. The minimum atomic E-state index is -0.269. The van der Waals surface area contributed by atoms with Crippen LogP contribution in [0.1, 0.15) is 34.5 Å². The molecule has 2 N–H and O–H groups in total. The minimum absolute atomic E-state index is 0.0158. The highest BCUT2D eigenvalue weighted by Gasteiger charge is 2.18. The number of carbonyl (C=O) groups is 1. The predicted octanol–water partition coefficient (Wildman–Crippen LogP) is 3.83. The monoisotopic (exact) mass is 487 g/mol. The number of pyridine rings is 1. The summed E-state index contributed by atoms with van der Waals surface area (Å²) in [6, 6.07) is 15.2. The lowest BCUT2D eigenvalue weighted by atomic mass is 9.99. The first-order valence-electron chi connectivity index (χ1n) is 12.1. The Morgan fingerprint density at radius 2 is 2.00 bits per heavy atom. The quantitative estimate of drug-likeness (QED) is 0.353. The number of para-hydroxylation sites is 1. The molecule has 0 aliphatic carbocycles. The van der Waals surface area contributed by atoms with Crippen LogP contribution in [0.15, 0.2) is 60.9 Å². The Balaban J connectivity index is 1.60. The van der Waals surface area contributed by atoms with Gasteiger partial charge in [0.2, 0.25) is 0 Å². The molecule has 0 fully saturated rings. The Bertz CT molecular complexity index is 1350. The molecule has 0 aliphatic heterocycles. The predicted molar refractivity (Wildman–Crippen MR) is 141 cm³/mol. The zero-order valence-corrected chi connectivity index (χ0v) is 21.2. The van der Waals surface area contributed by atoms with Crippen molar-refractivity contribution in [2.45, 2.75) is 26.4 Å². The number of amides is 1. The van der Waals surface area contributed by atoms with Crippen LogP contribution in [-0.2, 0) is 6.54 Å². The second-order valence-corrected chi connectivity index (χ2v) is 9.15. The van der Waals surface area contributed by atoms with Gasteiger partial charge in [-0.15, -0.1) is 0 Å². The molecule has 0 bridgehead atoms. The molecule has 0 saturated carbocycles. The van der Waals surface area contributed by atoms with E-state index in [1.165, 1.54) is 0 Å². The Morgan fingerprint density at radius 1 is 1.19 bits per heavy atom. The van der Waals surface area contributed by atoms with Crippen LogP contribution in [-0.4, -0.2) is 64.5 Å². The number of likely N-dealkylation sites (N-methyl/N-ethyl adjacent to an activating group) is 1. The highest BCUT2D eigenvalue weighted by Crippen LogP contribution is 2.29. The largest absolute Gasteiger partial charge is 0.492 e. The van der Waals surface area contributed by atoms with E-state index in [1.807, 2.05) is 76.6 Å². The van der Waals surface area contributed by atoms with Gasteiger partial charge in [-0.3, -0.25) is 9.48 Å². The van der Waals surface area contributed by atoms with Crippen LogP contribution in [0.5, 0.6) is 5.75 Å². The summed E-state index contributed by atoms with van der Waals surface area (Å²) in [7, 11) is 3.99. The number of hydrogen-bond donors (Lipinski definition) is 2. The van der Waals surface area contributed by atoms with Crippen LogP contribution in [0.3, 0.4) is 0 Å². The third-order valence-corrected chi connectivity index (χ3v) is 6.08. The molecular formula is C28H33N5O3. The zero-order valence-electron chi connectivity index (χ0n) is 21.2. The zero-order chi connectivity index (χ0) is 25.7. The van der Waals surface area contributed by atoms with E-state index in [2.05, 4.69) is 15.3 Å². The smallest absolute Gasteiger partial charge is 0.252 e. The maximum Gasteiger partial charge on any atom is 0.252 e. The van der Waals surface area contributed by atoms with Crippen LogP contribution < -0.4 is 10.1 Å². The first-order chi connectivity index (χ1) is 17.4. The minimum Gasteiger partial charge on any atom is -0.492 e. The van der Waals surface area contributed by atoms with Gasteiger partial charge in [-0.25, -0.2) is 4.98 Å². The maximum absolute atomic E-state index is 13.3. The van der Waals surface area contributed by atoms with Crippen LogP contribution >= 0.6 is 0 Å². The van der Waals surface area contributed by atoms with E-state index in [0.717, 1.165) is 39.8 Å². The van der Waals surface area contributed by atoms with Gasteiger partial charge in [-0.1, -0.05) is 24.3 Å². The molecule has 4 aromatic rings. The average molecular weight is 488 g/mol. The first-order valence-corrected chi connectivity index (χ1v) is 12.1. The number of fused-ring (bicyclic) bond motifs is 1. The molecule has 1 atom stereocenters. The molecule has 8 heteroatoms. The second-order valence-electron chi connectivity index (χ2n) is 9.15. The van der Waals surface area contributed by atoms with E-state index in [4.69, 9.17) is 9.72 Å². The number of nitrogens with one attached hydrogen (secondary N) is 1. The number of aryl methyl sites for hydroxylation is 1. The summed E-state index contributed by atoms with van der Waals surface area (Å²) < 4.78 is 7.53. The van der Waals surface area contributed by atoms with E-state index < -0.39 is 0 Å². The van der Waals surface area contributed by atoms with Crippen LogP contribution in [0.4, 0.5) is 0 Å². The first kappa shape index (κ1) is 25.3. The Labute approximate surface area is 211 Å². The SMILES string of the molecule is Cc1ccc(OCCN(C)C)cc1C(=O)N[C@H](C)c1cc(-c2cnn(CCO)c2)nc2ccccc12. The van der Waals surface area contributed by atoms with Gasteiger partial charge in [0.15, 0.2) is 0 Å². The number of nitrogens with zero attached hydrogens (tertiary/aromatic N) is 4. The lowest BCUT2D eigenvalue weighted by Gasteiger charge is -2.19. The van der Waals surface area contributed by atoms with Crippen molar-refractivity contribution in [2.75, 3.05) is 33.9 Å². The molecule has 0 radical (unpaired) electrons. The third-order valence-electron chi connectivity index (χ3n) is 6.08. The fourth-order valence-corrected chi connectivity index (χ4v) is 4.06. The highest BCUT2D eigenvalue weighted by molar-refractivity contribution is 5.96. The molecule has 2 aromatic carbocycles. The van der Waals surface area contributed by atoms with E-state index in [-0.39, 0.29) is 18.6 Å². The number of carbonyl (C=O) groups excluding carboxylic acids is 1. The maximum atomic E-state index is 13.3. The number of ether oxygens (including phenoxy) is 1. The topological polar surface area (TPSA) is 92.5 Å². The summed E-state index contributed by atoms with van der Waals surface area (Å²) in [5.41, 5.74) is 4.90.